The van der Waals surface area contributed by atoms with E-state index in [1.807, 2.05) is 0 Å². The monoisotopic (exact) mass is 296 g/mol. The molecule has 1 saturated carbocycles. The molecule has 0 unspecified atom stereocenters. The molecule has 0 atom stereocenters. The summed E-state index contributed by atoms with van der Waals surface area (Å²) in [4.78, 5) is 24.4. The van der Waals surface area contributed by atoms with E-state index in [4.69, 9.17) is 0 Å². The number of amides is 2. The lowest BCUT2D eigenvalue weighted by atomic mass is 10.0. The lowest BCUT2D eigenvalue weighted by Crippen LogP contribution is -2.48. The van der Waals surface area contributed by atoms with Gasteiger partial charge < -0.3 is 10.6 Å². The molecule has 4 nitrogen and oxygen atoms in total. The normalized spacial score (nSPS) is 16.2. The molecular weight excluding hydrogens is 278 g/mol. The predicted octanol–water partition coefficient (Wildman–Crippen LogP) is 2.60. The van der Waals surface area contributed by atoms with Crippen LogP contribution in [0.3, 0.4) is 0 Å². The van der Waals surface area contributed by atoms with E-state index < -0.39 is 40.1 Å². The highest BCUT2D eigenvalue weighted by Crippen LogP contribution is 2.47. The second-order valence-electron chi connectivity index (χ2n) is 6.34. The zero-order valence-electron chi connectivity index (χ0n) is 12.2. The van der Waals surface area contributed by atoms with Gasteiger partial charge in [-0.05, 0) is 45.7 Å². The van der Waals surface area contributed by atoms with Gasteiger partial charge in [0.2, 0.25) is 11.8 Å². The molecule has 1 aliphatic carbocycles. The van der Waals surface area contributed by atoms with Crippen LogP contribution in [-0.2, 0) is 9.59 Å². The van der Waals surface area contributed by atoms with Crippen LogP contribution < -0.4 is 10.6 Å². The molecule has 0 aromatic heterocycles. The average Bonchev–Trinajstić information content (AvgIpc) is 3.13. The fraction of sp³-hybridized carbons (Fsp3) is 0.467. The van der Waals surface area contributed by atoms with E-state index in [1.54, 1.807) is 20.8 Å². The van der Waals surface area contributed by atoms with Crippen molar-refractivity contribution in [3.05, 3.63) is 29.8 Å². The summed E-state index contributed by atoms with van der Waals surface area (Å²) in [5.41, 5.74) is -2.21. The van der Waals surface area contributed by atoms with Gasteiger partial charge in [-0.25, -0.2) is 8.78 Å². The van der Waals surface area contributed by atoms with E-state index >= 15 is 0 Å². The van der Waals surface area contributed by atoms with Crippen molar-refractivity contribution in [2.45, 2.75) is 39.2 Å². The molecule has 1 aliphatic rings. The van der Waals surface area contributed by atoms with Crippen molar-refractivity contribution in [1.82, 2.24) is 5.32 Å². The van der Waals surface area contributed by atoms with Crippen molar-refractivity contribution in [1.29, 1.82) is 0 Å². The minimum Gasteiger partial charge on any atom is -0.351 e. The summed E-state index contributed by atoms with van der Waals surface area (Å²) in [7, 11) is 0. The number of hydrogen-bond acceptors (Lipinski definition) is 2. The second kappa shape index (κ2) is 5.09. The Bertz CT molecular complexity index is 570. The average molecular weight is 296 g/mol. The fourth-order valence-electron chi connectivity index (χ4n) is 1.99. The summed E-state index contributed by atoms with van der Waals surface area (Å²) in [5, 5.41) is 4.93. The third kappa shape index (κ3) is 3.20. The lowest BCUT2D eigenvalue weighted by Gasteiger charge is -2.24. The number of rotatable bonds is 3. The Morgan fingerprint density at radius 3 is 2.05 bits per heavy atom. The molecule has 0 heterocycles. The van der Waals surface area contributed by atoms with Crippen LogP contribution >= 0.6 is 0 Å². The van der Waals surface area contributed by atoms with Crippen LogP contribution in [0.25, 0.3) is 0 Å². The number of carbonyl (C=O) groups excluding carboxylic acids is 2. The van der Waals surface area contributed by atoms with E-state index in [2.05, 4.69) is 10.6 Å². The molecule has 0 bridgehead atoms. The number of benzene rings is 1. The van der Waals surface area contributed by atoms with E-state index in [0.717, 1.165) is 12.1 Å². The molecule has 1 fully saturated rings. The molecule has 2 rings (SSSR count). The molecule has 2 N–H and O–H groups in total. The maximum Gasteiger partial charge on any atom is 0.240 e. The highest BCUT2D eigenvalue weighted by atomic mass is 19.1. The lowest BCUT2D eigenvalue weighted by molar-refractivity contribution is -0.135. The highest BCUT2D eigenvalue weighted by Gasteiger charge is 2.57. The summed E-state index contributed by atoms with van der Waals surface area (Å²) >= 11 is 0. The van der Waals surface area contributed by atoms with Crippen molar-refractivity contribution in [2.24, 2.45) is 5.41 Å². The molecule has 1 aromatic rings. The van der Waals surface area contributed by atoms with Gasteiger partial charge in [0.1, 0.15) is 22.7 Å². The van der Waals surface area contributed by atoms with Crippen molar-refractivity contribution < 1.29 is 18.4 Å². The van der Waals surface area contributed by atoms with Gasteiger partial charge >= 0.3 is 0 Å². The quantitative estimate of drug-likeness (QED) is 0.842. The van der Waals surface area contributed by atoms with E-state index in [0.29, 0.717) is 12.8 Å². The van der Waals surface area contributed by atoms with E-state index in [-0.39, 0.29) is 0 Å². The van der Waals surface area contributed by atoms with Crippen LogP contribution in [0, 0.1) is 17.0 Å². The molecule has 0 saturated heterocycles. The van der Waals surface area contributed by atoms with Crippen LogP contribution in [0.5, 0.6) is 0 Å². The first-order chi connectivity index (χ1) is 9.66. The van der Waals surface area contributed by atoms with E-state index in [9.17, 15) is 18.4 Å². The summed E-state index contributed by atoms with van der Waals surface area (Å²) < 4.78 is 27.1. The minimum atomic E-state index is -1.22. The Morgan fingerprint density at radius 2 is 1.62 bits per heavy atom. The van der Waals surface area contributed by atoms with Gasteiger partial charge in [0.15, 0.2) is 0 Å². The van der Waals surface area contributed by atoms with Gasteiger partial charge in [0.25, 0.3) is 0 Å². The maximum atomic E-state index is 13.5. The third-order valence-electron chi connectivity index (χ3n) is 3.31. The van der Waals surface area contributed by atoms with Crippen LogP contribution in [-0.4, -0.2) is 17.4 Å². The number of para-hydroxylation sites is 1. The minimum absolute atomic E-state index is 0.372. The smallest absolute Gasteiger partial charge is 0.240 e. The Hall–Kier alpha value is -1.98. The number of hydrogen-bond donors (Lipinski definition) is 2. The Kier molecular flexibility index (Phi) is 3.74. The van der Waals surface area contributed by atoms with Gasteiger partial charge in [-0.1, -0.05) is 6.07 Å². The van der Waals surface area contributed by atoms with Crippen LogP contribution in [0.15, 0.2) is 18.2 Å². The Morgan fingerprint density at radius 1 is 1.10 bits per heavy atom. The zero-order chi connectivity index (χ0) is 15.8. The fourth-order valence-corrected chi connectivity index (χ4v) is 1.99. The van der Waals surface area contributed by atoms with Crippen LogP contribution in [0.1, 0.15) is 33.6 Å². The van der Waals surface area contributed by atoms with Crippen molar-refractivity contribution in [3.63, 3.8) is 0 Å². The summed E-state index contributed by atoms with van der Waals surface area (Å²) in [6.45, 7) is 5.40. The van der Waals surface area contributed by atoms with Gasteiger partial charge in [0.05, 0.1) is 0 Å². The summed E-state index contributed by atoms with van der Waals surface area (Å²) in [6.07, 6.45) is 0.744. The molecule has 1 aromatic carbocycles. The molecule has 0 spiro atoms. The van der Waals surface area contributed by atoms with E-state index in [1.165, 1.54) is 6.07 Å². The van der Waals surface area contributed by atoms with Gasteiger partial charge in [0, 0.05) is 5.54 Å². The van der Waals surface area contributed by atoms with Crippen molar-refractivity contribution >= 4 is 17.5 Å². The van der Waals surface area contributed by atoms with Crippen LogP contribution in [0.2, 0.25) is 0 Å². The first-order valence-corrected chi connectivity index (χ1v) is 6.74. The molecule has 2 amide bonds. The molecular formula is C15H18F2N2O2. The largest absolute Gasteiger partial charge is 0.351 e. The summed E-state index contributed by atoms with van der Waals surface area (Å²) in [5.74, 6) is -2.82. The zero-order valence-corrected chi connectivity index (χ0v) is 12.2. The Balaban J connectivity index is 2.15. The summed E-state index contributed by atoms with van der Waals surface area (Å²) in [6, 6.07) is 3.31. The second-order valence-corrected chi connectivity index (χ2v) is 6.34. The van der Waals surface area contributed by atoms with Crippen LogP contribution in [0.4, 0.5) is 14.5 Å². The number of nitrogens with one attached hydrogen (secondary N) is 2. The predicted molar refractivity (Wildman–Crippen MR) is 74.6 cm³/mol. The molecule has 0 aliphatic heterocycles. The van der Waals surface area contributed by atoms with Crippen molar-refractivity contribution in [2.75, 3.05) is 5.32 Å². The van der Waals surface area contributed by atoms with Gasteiger partial charge in [-0.15, -0.1) is 0 Å². The van der Waals surface area contributed by atoms with Crippen molar-refractivity contribution in [3.8, 4) is 0 Å². The molecule has 114 valence electrons. The first-order valence-electron chi connectivity index (χ1n) is 6.74. The Labute approximate surface area is 121 Å². The third-order valence-corrected chi connectivity index (χ3v) is 3.31. The number of carbonyl (C=O) groups is 2. The highest BCUT2D eigenvalue weighted by molar-refractivity contribution is 6.13. The molecule has 0 radical (unpaired) electrons. The first kappa shape index (κ1) is 15.4. The number of anilines is 1. The van der Waals surface area contributed by atoms with Gasteiger partial charge in [-0.2, -0.15) is 0 Å². The topological polar surface area (TPSA) is 58.2 Å². The number of halogens is 2. The SMILES string of the molecule is CC(C)(C)NC(=O)C1(C(=O)Nc2c(F)cccc2F)CC1. The van der Waals surface area contributed by atoms with Gasteiger partial charge in [-0.3, -0.25) is 9.59 Å². The molecule has 21 heavy (non-hydrogen) atoms. The molecule has 6 heteroatoms. The standard InChI is InChI=1S/C15H18F2N2O2/c1-14(2,3)19-13(21)15(7-8-15)12(20)18-11-9(16)5-4-6-10(11)17/h4-6H,7-8H2,1-3H3,(H,18,20)(H,19,21). The maximum absolute atomic E-state index is 13.5.